The summed E-state index contributed by atoms with van der Waals surface area (Å²) in [6, 6.07) is 85.7. The second kappa shape index (κ2) is 14.5. The lowest BCUT2D eigenvalue weighted by molar-refractivity contribution is 1.29. The van der Waals surface area contributed by atoms with Gasteiger partial charge in [-0.1, -0.05) is 189 Å². The van der Waals surface area contributed by atoms with Gasteiger partial charge in [-0.05, 0) is 120 Å². The molecule has 0 saturated heterocycles. The highest BCUT2D eigenvalue weighted by Crippen LogP contribution is 2.42. The van der Waals surface area contributed by atoms with Crippen molar-refractivity contribution in [1.29, 1.82) is 0 Å². The number of fused-ring (bicyclic) bond motifs is 13. The van der Waals surface area contributed by atoms with Crippen LogP contribution in [0.2, 0.25) is 13.1 Å². The Morgan fingerprint density at radius 2 is 0.769 bits per heavy atom. The molecule has 3 heteroatoms. The van der Waals surface area contributed by atoms with Crippen molar-refractivity contribution in [3.63, 3.8) is 0 Å². The summed E-state index contributed by atoms with van der Waals surface area (Å²) >= 11 is 0. The summed E-state index contributed by atoms with van der Waals surface area (Å²) in [6.07, 6.45) is 0. The van der Waals surface area contributed by atoms with Gasteiger partial charge in [0.15, 0.2) is 0 Å². The van der Waals surface area contributed by atoms with E-state index < -0.39 is 8.07 Å². The van der Waals surface area contributed by atoms with Crippen LogP contribution in [0.3, 0.4) is 0 Å². The van der Waals surface area contributed by atoms with Crippen LogP contribution >= 0.6 is 0 Å². The smallest absolute Gasteiger partial charge is 0.113 e. The molecule has 0 fully saturated rings. The second-order valence-corrected chi connectivity index (χ2v) is 22.4. The van der Waals surface area contributed by atoms with Crippen LogP contribution < -0.4 is 15.3 Å². The summed E-state index contributed by atoms with van der Waals surface area (Å²) in [5, 5.41) is 13.0. The zero-order chi connectivity index (χ0) is 43.2. The minimum Gasteiger partial charge on any atom is -0.311 e. The van der Waals surface area contributed by atoms with E-state index >= 15 is 0 Å². The van der Waals surface area contributed by atoms with E-state index in [2.05, 4.69) is 253 Å². The van der Waals surface area contributed by atoms with Crippen LogP contribution in [0, 0.1) is 0 Å². The molecule has 1 aliphatic rings. The van der Waals surface area contributed by atoms with E-state index in [-0.39, 0.29) is 0 Å². The molecule has 65 heavy (non-hydrogen) atoms. The molecule has 0 aliphatic carbocycles. The Labute approximate surface area is 379 Å². The number of aromatic nitrogens is 1. The highest BCUT2D eigenvalue weighted by molar-refractivity contribution is 7.03. The normalized spacial score (nSPS) is 12.9. The molecule has 2 aromatic heterocycles. The lowest BCUT2D eigenvalue weighted by atomic mass is 9.99. The molecule has 306 valence electrons. The quantitative estimate of drug-likeness (QED) is 0.157. The van der Waals surface area contributed by atoms with Crippen molar-refractivity contribution in [2.24, 2.45) is 0 Å². The molecule has 0 spiro atoms. The van der Waals surface area contributed by atoms with Gasteiger partial charge in [0.25, 0.3) is 0 Å². The maximum Gasteiger partial charge on any atom is 0.113 e. The molecule has 0 bridgehead atoms. The maximum absolute atomic E-state index is 2.52. The zero-order valence-corrected chi connectivity index (χ0v) is 37.3. The van der Waals surface area contributed by atoms with Gasteiger partial charge in [0.1, 0.15) is 8.07 Å². The van der Waals surface area contributed by atoms with Crippen molar-refractivity contribution in [3.8, 4) is 33.4 Å². The summed E-state index contributed by atoms with van der Waals surface area (Å²) < 4.78 is 2.52. The van der Waals surface area contributed by atoms with Crippen molar-refractivity contribution in [2.45, 2.75) is 13.1 Å². The van der Waals surface area contributed by atoms with E-state index in [0.29, 0.717) is 0 Å². The number of nitrogens with zero attached hydrogens (tertiary/aromatic N) is 2. The Bertz CT molecular complexity index is 3900. The topological polar surface area (TPSA) is 7.65 Å². The predicted octanol–water partition coefficient (Wildman–Crippen LogP) is 15.9. The summed E-state index contributed by atoms with van der Waals surface area (Å²) in [6.45, 7) is 4.99. The van der Waals surface area contributed by atoms with Crippen LogP contribution in [0.5, 0.6) is 0 Å². The first-order chi connectivity index (χ1) is 32.0. The van der Waals surface area contributed by atoms with Gasteiger partial charge in [-0.15, -0.1) is 0 Å². The summed E-state index contributed by atoms with van der Waals surface area (Å²) in [5.41, 5.74) is 14.7. The highest BCUT2D eigenvalue weighted by Gasteiger charge is 2.37. The molecule has 2 nitrogen and oxygen atoms in total. The Hall–Kier alpha value is -7.98. The van der Waals surface area contributed by atoms with E-state index in [1.807, 2.05) is 0 Å². The molecule has 0 amide bonds. The minimum atomic E-state index is -1.90. The van der Waals surface area contributed by atoms with E-state index in [1.54, 1.807) is 0 Å². The lowest BCUT2D eigenvalue weighted by Gasteiger charge is -2.28. The first-order valence-corrected chi connectivity index (χ1v) is 25.7. The summed E-state index contributed by atoms with van der Waals surface area (Å²) in [5.74, 6) is 0. The average molecular weight is 845 g/mol. The van der Waals surface area contributed by atoms with Crippen LogP contribution in [0.1, 0.15) is 0 Å². The Morgan fingerprint density at radius 3 is 1.46 bits per heavy atom. The Morgan fingerprint density at radius 1 is 0.308 bits per heavy atom. The SMILES string of the molecule is C[Si]1(C)c2ccccc2-c2ccc(N(c3ccc(-c4ccccc4)cc3)c3ccc(-c4ccc5c(c4)c4cccc6c7ccccc7c7ccccc7c7ccccc7n5c64)cc3)cc21. The van der Waals surface area contributed by atoms with Gasteiger partial charge in [-0.2, -0.15) is 0 Å². The fraction of sp³-hybridized carbons (Fsp3) is 0.0323. The van der Waals surface area contributed by atoms with E-state index in [1.165, 1.54) is 109 Å². The van der Waals surface area contributed by atoms with Gasteiger partial charge in [-0.3, -0.25) is 0 Å². The fourth-order valence-electron chi connectivity index (χ4n) is 11.0. The van der Waals surface area contributed by atoms with Crippen molar-refractivity contribution >= 4 is 95.1 Å². The standard InChI is InChI=1S/C62H44N2Si/c1-65(2)60-26-13-11-22-53(60)54-37-36-47(40-61(54)65)63(45-32-27-42(28-33-45)41-15-4-3-5-16-41)46-34-29-43(30-35-46)44-31-38-59-57(39-44)56-24-14-23-55-51-20-9-7-18-49(51)48-17-6-8-19-50(48)52-21-10-12-25-58(52)64(59)62(55)56/h3-40H,1-2H3. The molecule has 1 aliphatic heterocycles. The van der Waals surface area contributed by atoms with Gasteiger partial charge < -0.3 is 9.30 Å². The van der Waals surface area contributed by atoms with E-state index in [9.17, 15) is 0 Å². The average Bonchev–Trinajstić information content (AvgIpc) is 3.83. The molecule has 12 aromatic rings. The third kappa shape index (κ3) is 5.79. The number of hydrogen-bond donors (Lipinski definition) is 0. The molecular formula is C62H44N2Si. The van der Waals surface area contributed by atoms with E-state index in [4.69, 9.17) is 0 Å². The molecular weight excluding hydrogens is 801 g/mol. The van der Waals surface area contributed by atoms with Gasteiger partial charge in [-0.25, -0.2) is 0 Å². The van der Waals surface area contributed by atoms with Crippen LogP contribution in [-0.2, 0) is 0 Å². The van der Waals surface area contributed by atoms with Crippen LogP contribution in [0.4, 0.5) is 17.1 Å². The molecule has 0 unspecified atom stereocenters. The Kier molecular flexibility index (Phi) is 8.40. The molecule has 0 atom stereocenters. The number of rotatable bonds is 5. The second-order valence-electron chi connectivity index (χ2n) is 18.1. The van der Waals surface area contributed by atoms with Crippen molar-refractivity contribution in [3.05, 3.63) is 231 Å². The van der Waals surface area contributed by atoms with Gasteiger partial charge in [0.2, 0.25) is 0 Å². The lowest BCUT2D eigenvalue weighted by Crippen LogP contribution is -2.49. The largest absolute Gasteiger partial charge is 0.311 e. The van der Waals surface area contributed by atoms with Gasteiger partial charge >= 0.3 is 0 Å². The number of hydrogen-bond acceptors (Lipinski definition) is 1. The van der Waals surface area contributed by atoms with Crippen LogP contribution in [0.25, 0.3) is 93.0 Å². The number of anilines is 3. The summed E-state index contributed by atoms with van der Waals surface area (Å²) in [4.78, 5) is 2.43. The monoisotopic (exact) mass is 844 g/mol. The third-order valence-corrected chi connectivity index (χ3v) is 17.7. The zero-order valence-electron chi connectivity index (χ0n) is 36.3. The number of para-hydroxylation sites is 2. The molecule has 0 N–H and O–H groups in total. The van der Waals surface area contributed by atoms with Crippen molar-refractivity contribution < 1.29 is 0 Å². The molecule has 13 rings (SSSR count). The van der Waals surface area contributed by atoms with Crippen molar-refractivity contribution in [2.75, 3.05) is 4.90 Å². The number of benzene rings is 10. The molecule has 3 heterocycles. The van der Waals surface area contributed by atoms with E-state index in [0.717, 1.165) is 11.4 Å². The first kappa shape index (κ1) is 37.6. The highest BCUT2D eigenvalue weighted by atomic mass is 28.3. The molecule has 10 aromatic carbocycles. The molecule has 0 saturated carbocycles. The maximum atomic E-state index is 2.52. The summed E-state index contributed by atoms with van der Waals surface area (Å²) in [7, 11) is -1.90. The van der Waals surface area contributed by atoms with Gasteiger partial charge in [0, 0.05) is 38.6 Å². The predicted molar refractivity (Wildman–Crippen MR) is 281 cm³/mol. The van der Waals surface area contributed by atoms with Gasteiger partial charge in [0.05, 0.1) is 16.6 Å². The van der Waals surface area contributed by atoms with Crippen molar-refractivity contribution in [1.82, 2.24) is 4.40 Å². The van der Waals surface area contributed by atoms with Crippen LogP contribution in [-0.4, -0.2) is 12.5 Å². The molecule has 0 radical (unpaired) electrons. The third-order valence-electron chi connectivity index (χ3n) is 14.2. The first-order valence-electron chi connectivity index (χ1n) is 22.7. The fourth-order valence-corrected chi connectivity index (χ4v) is 14.1. The Balaban J connectivity index is 0.976. The minimum absolute atomic E-state index is 1.13. The van der Waals surface area contributed by atoms with Crippen LogP contribution in [0.15, 0.2) is 231 Å².